The van der Waals surface area contributed by atoms with Crippen LogP contribution in [0.15, 0.2) is 36.5 Å². The summed E-state index contributed by atoms with van der Waals surface area (Å²) >= 11 is 0. The molecule has 1 aromatic carbocycles. The Morgan fingerprint density at radius 3 is 2.80 bits per heavy atom. The van der Waals surface area contributed by atoms with Crippen LogP contribution in [-0.2, 0) is 11.2 Å². The number of benzene rings is 1. The van der Waals surface area contributed by atoms with Gasteiger partial charge in [0.15, 0.2) is 0 Å². The molecule has 1 saturated heterocycles. The first-order chi connectivity index (χ1) is 12.1. The van der Waals surface area contributed by atoms with Gasteiger partial charge in [0, 0.05) is 18.8 Å². The van der Waals surface area contributed by atoms with Crippen LogP contribution in [0, 0.1) is 0 Å². The van der Waals surface area contributed by atoms with E-state index in [2.05, 4.69) is 16.4 Å². The molecular formula is C19H19N3O3. The Kier molecular flexibility index (Phi) is 3.67. The molecular weight excluding hydrogens is 318 g/mol. The minimum absolute atomic E-state index is 0.0446. The van der Waals surface area contributed by atoms with Gasteiger partial charge in [0.25, 0.3) is 5.91 Å². The lowest BCUT2D eigenvalue weighted by Crippen LogP contribution is -2.32. The zero-order valence-corrected chi connectivity index (χ0v) is 14.2. The maximum Gasteiger partial charge on any atom is 0.415 e. The van der Waals surface area contributed by atoms with Crippen molar-refractivity contribution in [2.24, 2.45) is 0 Å². The summed E-state index contributed by atoms with van der Waals surface area (Å²) < 4.78 is 5.43. The highest BCUT2D eigenvalue weighted by atomic mass is 16.6. The van der Waals surface area contributed by atoms with Gasteiger partial charge >= 0.3 is 6.09 Å². The van der Waals surface area contributed by atoms with E-state index in [1.54, 1.807) is 24.2 Å². The van der Waals surface area contributed by atoms with E-state index in [1.807, 2.05) is 25.1 Å². The van der Waals surface area contributed by atoms with Crippen molar-refractivity contribution in [2.45, 2.75) is 31.9 Å². The van der Waals surface area contributed by atoms with Crippen molar-refractivity contribution in [2.75, 3.05) is 11.9 Å². The predicted octanol–water partition coefficient (Wildman–Crippen LogP) is 2.77. The number of pyridine rings is 1. The lowest BCUT2D eigenvalue weighted by Gasteiger charge is -2.15. The van der Waals surface area contributed by atoms with Crippen molar-refractivity contribution in [3.05, 3.63) is 47.8 Å². The van der Waals surface area contributed by atoms with Crippen molar-refractivity contribution in [3.8, 4) is 11.1 Å². The van der Waals surface area contributed by atoms with Gasteiger partial charge < -0.3 is 10.1 Å². The molecule has 0 saturated carbocycles. The van der Waals surface area contributed by atoms with E-state index in [9.17, 15) is 9.59 Å². The van der Waals surface area contributed by atoms with Gasteiger partial charge in [0.2, 0.25) is 0 Å². The molecule has 0 bridgehead atoms. The minimum atomic E-state index is -0.250. The number of ether oxygens (including phenoxy) is 1. The van der Waals surface area contributed by atoms with Gasteiger partial charge in [-0.05, 0) is 42.2 Å². The molecule has 1 N–H and O–H groups in total. The van der Waals surface area contributed by atoms with Crippen molar-refractivity contribution in [3.63, 3.8) is 0 Å². The molecule has 6 nitrogen and oxygen atoms in total. The smallest absolute Gasteiger partial charge is 0.415 e. The van der Waals surface area contributed by atoms with E-state index in [4.69, 9.17) is 4.74 Å². The second-order valence-electron chi connectivity index (χ2n) is 6.33. The molecule has 1 aromatic heterocycles. The molecule has 0 aliphatic carbocycles. The molecule has 2 aliphatic heterocycles. The number of anilines is 1. The molecule has 0 radical (unpaired) electrons. The molecule has 1 fully saturated rings. The number of nitrogens with zero attached hydrogens (tertiary/aromatic N) is 2. The molecule has 2 atom stereocenters. The first-order valence-corrected chi connectivity index (χ1v) is 8.43. The van der Waals surface area contributed by atoms with Crippen LogP contribution < -0.4 is 10.2 Å². The fourth-order valence-corrected chi connectivity index (χ4v) is 3.64. The van der Waals surface area contributed by atoms with Crippen LogP contribution in [-0.4, -0.2) is 36.2 Å². The Balaban J connectivity index is 1.64. The quantitative estimate of drug-likeness (QED) is 0.935. The van der Waals surface area contributed by atoms with Crippen molar-refractivity contribution >= 4 is 17.7 Å². The molecule has 0 unspecified atom stereocenters. The second kappa shape index (κ2) is 5.88. The topological polar surface area (TPSA) is 71.5 Å². The number of carbonyl (C=O) groups excluding carboxylic acids is 2. The fourth-order valence-electron chi connectivity index (χ4n) is 3.64. The molecule has 4 rings (SSSR count). The van der Waals surface area contributed by atoms with E-state index >= 15 is 0 Å². The highest BCUT2D eigenvalue weighted by molar-refractivity contribution is 5.94. The van der Waals surface area contributed by atoms with Gasteiger partial charge in [-0.3, -0.25) is 14.7 Å². The molecule has 2 aromatic rings. The number of aromatic nitrogens is 1. The number of hydrogen-bond acceptors (Lipinski definition) is 4. The number of nitrogens with one attached hydrogen (secondary N) is 1. The Bertz CT molecular complexity index is 847. The number of hydrogen-bond donors (Lipinski definition) is 1. The van der Waals surface area contributed by atoms with Gasteiger partial charge in [-0.1, -0.05) is 19.1 Å². The average Bonchev–Trinajstić information content (AvgIpc) is 3.17. The lowest BCUT2D eigenvalue weighted by atomic mass is 10.00. The fraction of sp³-hybridized carbons (Fsp3) is 0.316. The first kappa shape index (κ1) is 15.6. The summed E-state index contributed by atoms with van der Waals surface area (Å²) in [5, 5.41) is 2.56. The largest absolute Gasteiger partial charge is 0.444 e. The van der Waals surface area contributed by atoms with Crippen LogP contribution in [0.3, 0.4) is 0 Å². The number of amides is 2. The lowest BCUT2D eigenvalue weighted by molar-refractivity contribution is 0.0958. The van der Waals surface area contributed by atoms with E-state index in [0.29, 0.717) is 5.69 Å². The van der Waals surface area contributed by atoms with Crippen molar-refractivity contribution in [1.29, 1.82) is 0 Å². The summed E-state index contributed by atoms with van der Waals surface area (Å²) in [5.41, 5.74) is 4.44. The minimum Gasteiger partial charge on any atom is -0.444 e. The normalized spacial score (nSPS) is 20.9. The van der Waals surface area contributed by atoms with Gasteiger partial charge in [0.1, 0.15) is 11.8 Å². The standard InChI is InChI=1S/C19H19N3O3/c1-3-17-16-9-13-8-11(5-7-15(13)22(16)19(24)25-17)12-4-6-14(21-10-12)18(23)20-2/h4-8,10,16-17H,3,9H2,1-2H3,(H,20,23)/t16-,17-/m0/s1. The summed E-state index contributed by atoms with van der Waals surface area (Å²) in [6.07, 6.45) is 3.03. The highest BCUT2D eigenvalue weighted by Gasteiger charge is 2.46. The molecule has 6 heteroatoms. The zero-order chi connectivity index (χ0) is 17.6. The number of carbonyl (C=O) groups is 2. The van der Waals surface area contributed by atoms with Gasteiger partial charge in [0.05, 0.1) is 11.7 Å². The van der Waals surface area contributed by atoms with Crippen LogP contribution in [0.4, 0.5) is 10.5 Å². The van der Waals surface area contributed by atoms with Gasteiger partial charge in [-0.25, -0.2) is 4.79 Å². The zero-order valence-electron chi connectivity index (χ0n) is 14.2. The number of rotatable bonds is 3. The van der Waals surface area contributed by atoms with Crippen LogP contribution in [0.5, 0.6) is 0 Å². The molecule has 2 aliphatic rings. The summed E-state index contributed by atoms with van der Waals surface area (Å²) in [4.78, 5) is 29.7. The summed E-state index contributed by atoms with van der Waals surface area (Å²) in [6, 6.07) is 9.74. The number of cyclic esters (lactones) is 1. The van der Waals surface area contributed by atoms with E-state index < -0.39 is 0 Å². The Morgan fingerprint density at radius 2 is 2.12 bits per heavy atom. The predicted molar refractivity (Wildman–Crippen MR) is 93.6 cm³/mol. The molecule has 2 amide bonds. The van der Waals surface area contributed by atoms with Crippen LogP contribution >= 0.6 is 0 Å². The van der Waals surface area contributed by atoms with Crippen molar-refractivity contribution < 1.29 is 14.3 Å². The van der Waals surface area contributed by atoms with Gasteiger partial charge in [-0.15, -0.1) is 0 Å². The maximum absolute atomic E-state index is 12.1. The van der Waals surface area contributed by atoms with Crippen LogP contribution in [0.1, 0.15) is 29.4 Å². The summed E-state index contributed by atoms with van der Waals surface area (Å²) in [5.74, 6) is -0.203. The SMILES string of the molecule is CC[C@@H]1OC(=O)N2c3ccc(-c4ccc(C(=O)NC)nc4)cc3C[C@@H]12. The van der Waals surface area contributed by atoms with E-state index in [-0.39, 0.29) is 24.1 Å². The number of fused-ring (bicyclic) bond motifs is 3. The molecule has 25 heavy (non-hydrogen) atoms. The third kappa shape index (κ3) is 2.45. The maximum atomic E-state index is 12.1. The van der Waals surface area contributed by atoms with E-state index in [0.717, 1.165) is 35.2 Å². The molecule has 3 heterocycles. The van der Waals surface area contributed by atoms with E-state index in [1.165, 1.54) is 0 Å². The monoisotopic (exact) mass is 337 g/mol. The van der Waals surface area contributed by atoms with Crippen molar-refractivity contribution in [1.82, 2.24) is 10.3 Å². The molecule has 0 spiro atoms. The van der Waals surface area contributed by atoms with Crippen LogP contribution in [0.25, 0.3) is 11.1 Å². The highest BCUT2D eigenvalue weighted by Crippen LogP contribution is 2.41. The third-order valence-corrected chi connectivity index (χ3v) is 4.94. The summed E-state index contributed by atoms with van der Waals surface area (Å²) in [6.45, 7) is 2.04. The summed E-state index contributed by atoms with van der Waals surface area (Å²) in [7, 11) is 1.58. The van der Waals surface area contributed by atoms with Gasteiger partial charge in [-0.2, -0.15) is 0 Å². The Labute approximate surface area is 145 Å². The Hall–Kier alpha value is -2.89. The average molecular weight is 337 g/mol. The first-order valence-electron chi connectivity index (χ1n) is 8.43. The van der Waals surface area contributed by atoms with Crippen LogP contribution in [0.2, 0.25) is 0 Å². The second-order valence-corrected chi connectivity index (χ2v) is 6.33. The Morgan fingerprint density at radius 1 is 1.32 bits per heavy atom. The third-order valence-electron chi connectivity index (χ3n) is 4.94. The molecule has 128 valence electrons.